The van der Waals surface area contributed by atoms with Gasteiger partial charge in [0.1, 0.15) is 5.75 Å². The van der Waals surface area contributed by atoms with Crippen molar-refractivity contribution in [3.8, 4) is 5.75 Å². The number of nitrogens with two attached hydrogens (primary N) is 2. The summed E-state index contributed by atoms with van der Waals surface area (Å²) in [5.41, 5.74) is 10.7. The fraction of sp³-hybridized carbons (Fsp3) is 0.400. The molecular formula is C10H14ClF3N2O. The lowest BCUT2D eigenvalue weighted by Crippen LogP contribution is -2.21. The van der Waals surface area contributed by atoms with Crippen LogP contribution in [-0.4, -0.2) is 13.7 Å². The molecule has 0 aliphatic carbocycles. The minimum atomic E-state index is -4.39. The molecule has 0 aliphatic rings. The van der Waals surface area contributed by atoms with Crippen molar-refractivity contribution in [2.75, 3.05) is 13.7 Å². The molecule has 17 heavy (non-hydrogen) atoms. The van der Waals surface area contributed by atoms with E-state index in [0.717, 1.165) is 12.1 Å². The number of ether oxygens (including phenoxy) is 1. The van der Waals surface area contributed by atoms with Gasteiger partial charge in [-0.15, -0.1) is 12.4 Å². The van der Waals surface area contributed by atoms with Gasteiger partial charge in [0.2, 0.25) is 0 Å². The lowest BCUT2D eigenvalue weighted by atomic mass is 10.0. The van der Waals surface area contributed by atoms with E-state index in [4.69, 9.17) is 16.2 Å². The van der Waals surface area contributed by atoms with Crippen molar-refractivity contribution in [3.05, 3.63) is 29.3 Å². The van der Waals surface area contributed by atoms with Crippen molar-refractivity contribution < 1.29 is 17.9 Å². The van der Waals surface area contributed by atoms with Crippen LogP contribution >= 0.6 is 12.4 Å². The topological polar surface area (TPSA) is 61.3 Å². The van der Waals surface area contributed by atoms with Gasteiger partial charge in [-0.2, -0.15) is 13.2 Å². The van der Waals surface area contributed by atoms with Crippen LogP contribution in [-0.2, 0) is 6.18 Å². The van der Waals surface area contributed by atoms with E-state index in [1.54, 1.807) is 0 Å². The van der Waals surface area contributed by atoms with Gasteiger partial charge in [0.25, 0.3) is 0 Å². The monoisotopic (exact) mass is 270 g/mol. The van der Waals surface area contributed by atoms with Crippen LogP contribution in [0.25, 0.3) is 0 Å². The van der Waals surface area contributed by atoms with Crippen molar-refractivity contribution in [2.24, 2.45) is 11.5 Å². The first-order valence-corrected chi connectivity index (χ1v) is 4.61. The maximum atomic E-state index is 12.4. The molecule has 1 aromatic carbocycles. The average molecular weight is 271 g/mol. The molecule has 0 aromatic heterocycles. The first-order valence-electron chi connectivity index (χ1n) is 4.61. The van der Waals surface area contributed by atoms with Crippen molar-refractivity contribution in [1.82, 2.24) is 0 Å². The zero-order valence-corrected chi connectivity index (χ0v) is 9.94. The van der Waals surface area contributed by atoms with Gasteiger partial charge >= 0.3 is 6.18 Å². The van der Waals surface area contributed by atoms with Gasteiger partial charge in [0.05, 0.1) is 12.7 Å². The molecule has 1 atom stereocenters. The van der Waals surface area contributed by atoms with E-state index in [1.807, 2.05) is 0 Å². The van der Waals surface area contributed by atoms with Crippen molar-refractivity contribution in [3.63, 3.8) is 0 Å². The Morgan fingerprint density at radius 1 is 1.35 bits per heavy atom. The van der Waals surface area contributed by atoms with Crippen molar-refractivity contribution in [2.45, 2.75) is 12.2 Å². The molecule has 7 heteroatoms. The van der Waals surface area contributed by atoms with Gasteiger partial charge in [0.15, 0.2) is 0 Å². The molecule has 0 saturated carbocycles. The molecule has 0 spiro atoms. The van der Waals surface area contributed by atoms with Gasteiger partial charge < -0.3 is 16.2 Å². The molecule has 4 N–H and O–H groups in total. The predicted molar refractivity (Wildman–Crippen MR) is 61.2 cm³/mol. The summed E-state index contributed by atoms with van der Waals surface area (Å²) in [5.74, 6) is 0.104. The molecule has 0 aliphatic heterocycles. The standard InChI is InChI=1S/C10H13F3N2O.ClH/c1-16-9-4-6(10(11,12)13)2-3-7(9)8(15)5-14;/h2-4,8H,5,14-15H2,1H3;1H/t8-;/m1./s1. The van der Waals surface area contributed by atoms with Gasteiger partial charge in [-0.3, -0.25) is 0 Å². The molecule has 3 nitrogen and oxygen atoms in total. The summed E-state index contributed by atoms with van der Waals surface area (Å²) in [4.78, 5) is 0. The maximum absolute atomic E-state index is 12.4. The third-order valence-corrected chi connectivity index (χ3v) is 2.21. The molecule has 1 aromatic rings. The van der Waals surface area contributed by atoms with E-state index in [-0.39, 0.29) is 24.7 Å². The van der Waals surface area contributed by atoms with Gasteiger partial charge in [0, 0.05) is 18.2 Å². The fourth-order valence-electron chi connectivity index (χ4n) is 1.32. The molecule has 0 saturated heterocycles. The van der Waals surface area contributed by atoms with Gasteiger partial charge in [-0.05, 0) is 12.1 Å². The lowest BCUT2D eigenvalue weighted by Gasteiger charge is -2.16. The van der Waals surface area contributed by atoms with Crippen LogP contribution in [0.1, 0.15) is 17.2 Å². The Labute approximate surface area is 103 Å². The van der Waals surface area contributed by atoms with Gasteiger partial charge in [-0.1, -0.05) is 6.07 Å². The largest absolute Gasteiger partial charge is 0.496 e. The number of hydrogen-bond acceptors (Lipinski definition) is 3. The van der Waals surface area contributed by atoms with E-state index in [2.05, 4.69) is 0 Å². The molecule has 0 radical (unpaired) electrons. The van der Waals surface area contributed by atoms with Crippen LogP contribution in [0.4, 0.5) is 13.2 Å². The Morgan fingerprint density at radius 3 is 2.35 bits per heavy atom. The van der Waals surface area contributed by atoms with Gasteiger partial charge in [-0.25, -0.2) is 0 Å². The zero-order chi connectivity index (χ0) is 12.3. The Kier molecular flexibility index (Phi) is 5.74. The first-order chi connectivity index (χ1) is 7.40. The first kappa shape index (κ1) is 16.0. The number of rotatable bonds is 3. The zero-order valence-electron chi connectivity index (χ0n) is 9.12. The van der Waals surface area contributed by atoms with E-state index >= 15 is 0 Å². The van der Waals surface area contributed by atoms with Crippen LogP contribution in [0.15, 0.2) is 18.2 Å². The molecule has 0 amide bonds. The highest BCUT2D eigenvalue weighted by molar-refractivity contribution is 5.85. The van der Waals surface area contributed by atoms with Crippen LogP contribution < -0.4 is 16.2 Å². The normalized spacial score (nSPS) is 12.8. The molecule has 1 rings (SSSR count). The number of hydrogen-bond donors (Lipinski definition) is 2. The van der Waals surface area contributed by atoms with Crippen molar-refractivity contribution >= 4 is 12.4 Å². The van der Waals surface area contributed by atoms with E-state index in [9.17, 15) is 13.2 Å². The second-order valence-corrected chi connectivity index (χ2v) is 3.30. The quantitative estimate of drug-likeness (QED) is 0.884. The van der Waals surface area contributed by atoms with E-state index in [0.29, 0.717) is 5.56 Å². The average Bonchev–Trinajstić information content (AvgIpc) is 2.26. The Morgan fingerprint density at radius 2 is 1.94 bits per heavy atom. The van der Waals surface area contributed by atoms with Crippen LogP contribution in [0.3, 0.4) is 0 Å². The highest BCUT2D eigenvalue weighted by Gasteiger charge is 2.31. The second-order valence-electron chi connectivity index (χ2n) is 3.30. The smallest absolute Gasteiger partial charge is 0.416 e. The molecule has 0 heterocycles. The minimum absolute atomic E-state index is 0. The van der Waals surface area contributed by atoms with Crippen LogP contribution in [0.5, 0.6) is 5.75 Å². The Hall–Kier alpha value is -0.980. The number of halogens is 4. The van der Waals surface area contributed by atoms with Crippen LogP contribution in [0.2, 0.25) is 0 Å². The number of benzene rings is 1. The lowest BCUT2D eigenvalue weighted by molar-refractivity contribution is -0.137. The SMILES string of the molecule is COc1cc(C(F)(F)F)ccc1[C@H](N)CN.Cl. The summed E-state index contributed by atoms with van der Waals surface area (Å²) >= 11 is 0. The summed E-state index contributed by atoms with van der Waals surface area (Å²) in [7, 11) is 1.29. The summed E-state index contributed by atoms with van der Waals surface area (Å²) < 4.78 is 42.1. The Bertz CT molecular complexity index is 371. The molecular weight excluding hydrogens is 257 g/mol. The Balaban J connectivity index is 0.00000256. The summed E-state index contributed by atoms with van der Waals surface area (Å²) in [6.07, 6.45) is -4.39. The molecule has 98 valence electrons. The fourth-order valence-corrected chi connectivity index (χ4v) is 1.32. The summed E-state index contributed by atoms with van der Waals surface area (Å²) in [6, 6.07) is 2.65. The molecule has 0 fully saturated rings. The summed E-state index contributed by atoms with van der Waals surface area (Å²) in [5, 5.41) is 0. The third kappa shape index (κ3) is 3.76. The highest BCUT2D eigenvalue weighted by Crippen LogP contribution is 2.34. The highest BCUT2D eigenvalue weighted by atomic mass is 35.5. The number of alkyl halides is 3. The molecule has 0 unspecified atom stereocenters. The maximum Gasteiger partial charge on any atom is 0.416 e. The summed E-state index contributed by atoms with van der Waals surface area (Å²) in [6.45, 7) is 0.141. The second kappa shape index (κ2) is 6.09. The minimum Gasteiger partial charge on any atom is -0.496 e. The van der Waals surface area contributed by atoms with Crippen molar-refractivity contribution in [1.29, 1.82) is 0 Å². The third-order valence-electron chi connectivity index (χ3n) is 2.21. The van der Waals surface area contributed by atoms with Crippen LogP contribution in [0, 0.1) is 0 Å². The predicted octanol–water partition coefficient (Wildman–Crippen LogP) is 2.09. The number of methoxy groups -OCH3 is 1. The van der Waals surface area contributed by atoms with E-state index in [1.165, 1.54) is 13.2 Å². The molecule has 0 bridgehead atoms. The van der Waals surface area contributed by atoms with E-state index < -0.39 is 17.8 Å².